The molecule has 1 atom stereocenters. The van der Waals surface area contributed by atoms with E-state index in [-0.39, 0.29) is 11.4 Å². The quantitative estimate of drug-likeness (QED) is 0.701. The van der Waals surface area contributed by atoms with Crippen molar-refractivity contribution in [2.45, 2.75) is 26.4 Å². The molecule has 5 nitrogen and oxygen atoms in total. The van der Waals surface area contributed by atoms with E-state index in [9.17, 15) is 9.59 Å². The summed E-state index contributed by atoms with van der Waals surface area (Å²) < 4.78 is 1.48. The molecule has 0 aliphatic carbocycles. The lowest BCUT2D eigenvalue weighted by Gasteiger charge is -2.09. The maximum absolute atomic E-state index is 11.4. The predicted molar refractivity (Wildman–Crippen MR) is 55.2 cm³/mol. The average molecular weight is 215 g/mol. The second-order valence-electron chi connectivity index (χ2n) is 3.13. The van der Waals surface area contributed by atoms with E-state index in [1.807, 2.05) is 13.8 Å². The number of hydrogen-bond donors (Lipinski definition) is 2. The molecule has 1 aromatic rings. The molecule has 0 saturated carbocycles. The van der Waals surface area contributed by atoms with Crippen molar-refractivity contribution in [1.82, 2.24) is 4.57 Å². The predicted octanol–water partition coefficient (Wildman–Crippen LogP) is -0.661. The second kappa shape index (κ2) is 3.93. The molecule has 1 heterocycles. The number of nitrogens with two attached hydrogens (primary N) is 2. The fraction of sp³-hybridized carbons (Fsp3) is 0.500. The van der Waals surface area contributed by atoms with Crippen LogP contribution in [0.4, 0.5) is 0 Å². The van der Waals surface area contributed by atoms with Crippen molar-refractivity contribution >= 4 is 17.2 Å². The monoisotopic (exact) mass is 215 g/mol. The minimum atomic E-state index is -0.805. The van der Waals surface area contributed by atoms with Crippen LogP contribution in [-0.4, -0.2) is 16.5 Å². The summed E-state index contributed by atoms with van der Waals surface area (Å²) in [5.41, 5.74) is 11.3. The summed E-state index contributed by atoms with van der Waals surface area (Å²) >= 11 is 1.15. The molecule has 78 valence electrons. The molecule has 0 aromatic carbocycles. The first-order valence-corrected chi connectivity index (χ1v) is 4.97. The summed E-state index contributed by atoms with van der Waals surface area (Å²) in [6.45, 7) is 3.83. The number of nitrogens with zero attached hydrogens (tertiary/aromatic N) is 1. The minimum Gasteiger partial charge on any atom is -0.368 e. The molecule has 4 N–H and O–H groups in total. The van der Waals surface area contributed by atoms with E-state index in [4.69, 9.17) is 11.5 Å². The maximum Gasteiger partial charge on any atom is 0.307 e. The molecule has 6 heteroatoms. The van der Waals surface area contributed by atoms with Crippen molar-refractivity contribution < 1.29 is 4.79 Å². The zero-order valence-corrected chi connectivity index (χ0v) is 8.93. The van der Waals surface area contributed by atoms with Crippen LogP contribution in [0.5, 0.6) is 0 Å². The van der Waals surface area contributed by atoms with E-state index >= 15 is 0 Å². The van der Waals surface area contributed by atoms with Crippen molar-refractivity contribution in [2.24, 2.45) is 11.5 Å². The Bertz CT molecular complexity index is 407. The van der Waals surface area contributed by atoms with Crippen molar-refractivity contribution in [2.75, 3.05) is 0 Å². The normalized spacial score (nSPS) is 12.8. The second-order valence-corrected chi connectivity index (χ2v) is 4.29. The van der Waals surface area contributed by atoms with E-state index in [2.05, 4.69) is 0 Å². The highest BCUT2D eigenvalue weighted by molar-refractivity contribution is 7.09. The molecule has 0 saturated heterocycles. The fourth-order valence-electron chi connectivity index (χ4n) is 1.09. The molecule has 0 spiro atoms. The Kier molecular flexibility index (Phi) is 3.07. The molecular formula is C8H13N3O2S. The van der Waals surface area contributed by atoms with Crippen LogP contribution in [0.25, 0.3) is 0 Å². The maximum atomic E-state index is 11.4. The number of hydrogen-bond acceptors (Lipinski definition) is 4. The van der Waals surface area contributed by atoms with Gasteiger partial charge in [-0.3, -0.25) is 9.59 Å². The molecule has 0 bridgehead atoms. The molecule has 1 amide bonds. The molecular weight excluding hydrogens is 202 g/mol. The zero-order chi connectivity index (χ0) is 10.9. The lowest BCUT2D eigenvalue weighted by atomic mass is 10.3. The van der Waals surface area contributed by atoms with Crippen LogP contribution in [0, 0.1) is 13.8 Å². The number of aryl methyl sites for hydroxylation is 1. The van der Waals surface area contributed by atoms with Crippen LogP contribution in [0.2, 0.25) is 0 Å². The minimum absolute atomic E-state index is 0.100. The molecule has 1 aromatic heterocycles. The number of carbonyl (C=O) groups excluding carboxylic acids is 1. The van der Waals surface area contributed by atoms with Gasteiger partial charge < -0.3 is 16.0 Å². The summed E-state index contributed by atoms with van der Waals surface area (Å²) in [5, 5.41) is 0. The third-order valence-electron chi connectivity index (χ3n) is 2.12. The van der Waals surface area contributed by atoms with Crippen LogP contribution in [0.15, 0.2) is 4.79 Å². The Morgan fingerprint density at radius 3 is 2.50 bits per heavy atom. The Labute approximate surface area is 85.3 Å². The highest BCUT2D eigenvalue weighted by Gasteiger charge is 2.14. The summed E-state index contributed by atoms with van der Waals surface area (Å²) in [6.07, 6.45) is 0. The van der Waals surface area contributed by atoms with Crippen LogP contribution >= 0.6 is 11.3 Å². The van der Waals surface area contributed by atoms with Gasteiger partial charge in [0.05, 0.1) is 6.54 Å². The van der Waals surface area contributed by atoms with Gasteiger partial charge in [-0.1, -0.05) is 11.3 Å². The van der Waals surface area contributed by atoms with Gasteiger partial charge in [0.25, 0.3) is 0 Å². The molecule has 0 aliphatic heterocycles. The summed E-state index contributed by atoms with van der Waals surface area (Å²) in [4.78, 5) is 22.9. The number of amides is 1. The van der Waals surface area contributed by atoms with Gasteiger partial charge >= 0.3 is 4.87 Å². The van der Waals surface area contributed by atoms with Gasteiger partial charge in [-0.15, -0.1) is 0 Å². The number of aromatic nitrogens is 1. The lowest BCUT2D eigenvalue weighted by molar-refractivity contribution is -0.119. The molecule has 14 heavy (non-hydrogen) atoms. The van der Waals surface area contributed by atoms with Crippen molar-refractivity contribution in [3.63, 3.8) is 0 Å². The Hall–Kier alpha value is -1.14. The van der Waals surface area contributed by atoms with Crippen LogP contribution in [0.3, 0.4) is 0 Å². The largest absolute Gasteiger partial charge is 0.368 e. The number of thiazole rings is 1. The van der Waals surface area contributed by atoms with Gasteiger partial charge in [0, 0.05) is 10.6 Å². The zero-order valence-electron chi connectivity index (χ0n) is 8.11. The van der Waals surface area contributed by atoms with Crippen LogP contribution in [0.1, 0.15) is 10.6 Å². The molecule has 0 fully saturated rings. The standard InChI is InChI=1S/C8H13N3O2S/c1-4-5(2)14-8(13)11(4)3-6(9)7(10)12/h6H,3,9H2,1-2H3,(H2,10,12). The van der Waals surface area contributed by atoms with Crippen LogP contribution in [-0.2, 0) is 11.3 Å². The smallest absolute Gasteiger partial charge is 0.307 e. The molecule has 1 unspecified atom stereocenters. The molecule has 0 aliphatic rings. The number of primary amides is 1. The van der Waals surface area contributed by atoms with E-state index < -0.39 is 11.9 Å². The fourth-order valence-corrected chi connectivity index (χ4v) is 1.93. The Morgan fingerprint density at radius 1 is 1.57 bits per heavy atom. The number of carbonyl (C=O) groups is 1. The van der Waals surface area contributed by atoms with E-state index in [0.717, 1.165) is 21.9 Å². The molecule has 0 radical (unpaired) electrons. The number of rotatable bonds is 3. The SMILES string of the molecule is Cc1sc(=O)n(CC(N)C(N)=O)c1C. The lowest BCUT2D eigenvalue weighted by Crippen LogP contribution is -2.41. The van der Waals surface area contributed by atoms with Gasteiger partial charge in [0.2, 0.25) is 5.91 Å². The third-order valence-corrected chi connectivity index (χ3v) is 3.12. The first-order valence-electron chi connectivity index (χ1n) is 4.15. The Morgan fingerprint density at radius 2 is 2.14 bits per heavy atom. The molecule has 1 rings (SSSR count). The highest BCUT2D eigenvalue weighted by Crippen LogP contribution is 2.09. The summed E-state index contributed by atoms with van der Waals surface area (Å²) in [7, 11) is 0. The van der Waals surface area contributed by atoms with Gasteiger partial charge in [0.1, 0.15) is 6.04 Å². The topological polar surface area (TPSA) is 91.1 Å². The first-order chi connectivity index (χ1) is 6.43. The highest BCUT2D eigenvalue weighted by atomic mass is 32.1. The van der Waals surface area contributed by atoms with Gasteiger partial charge in [-0.05, 0) is 13.8 Å². The van der Waals surface area contributed by atoms with Gasteiger partial charge in [0.15, 0.2) is 0 Å². The van der Waals surface area contributed by atoms with Crippen molar-refractivity contribution in [1.29, 1.82) is 0 Å². The summed E-state index contributed by atoms with van der Waals surface area (Å²) in [6, 6.07) is -0.805. The third kappa shape index (κ3) is 2.02. The van der Waals surface area contributed by atoms with E-state index in [0.29, 0.717) is 0 Å². The van der Waals surface area contributed by atoms with Gasteiger partial charge in [-0.2, -0.15) is 0 Å². The summed E-state index contributed by atoms with van der Waals surface area (Å²) in [5.74, 6) is -0.597. The van der Waals surface area contributed by atoms with Crippen molar-refractivity contribution in [3.8, 4) is 0 Å². The van der Waals surface area contributed by atoms with Gasteiger partial charge in [-0.25, -0.2) is 0 Å². The van der Waals surface area contributed by atoms with E-state index in [1.165, 1.54) is 4.57 Å². The van der Waals surface area contributed by atoms with Crippen molar-refractivity contribution in [3.05, 3.63) is 20.2 Å². The first kappa shape index (κ1) is 10.9. The average Bonchev–Trinajstić information content (AvgIpc) is 2.32. The van der Waals surface area contributed by atoms with E-state index in [1.54, 1.807) is 0 Å². The Balaban J connectivity index is 2.97. The van der Waals surface area contributed by atoms with Crippen LogP contribution < -0.4 is 16.3 Å².